The Morgan fingerprint density at radius 1 is 0.978 bits per heavy atom. The van der Waals surface area contributed by atoms with Crippen LogP contribution in [0.4, 0.5) is 8.78 Å². The first-order valence-corrected chi connectivity index (χ1v) is 17.2. The standard InChI is InChI=1S/C33H36ClF2N3O5S/c34-23-7-13-28-27-12-6-22(18-29(27)44-30(28)19-23)33(35,36)31(32(40)39-16-14-24(37)15-17-39)38-45(41,42)26-10-8-25(9-11-26)43-20-21-4-2-1-3-5-21/h6-13,18-19,21,24,31,38H,1-5,14-17,20,37H2. The zero-order chi connectivity index (χ0) is 31.8. The van der Waals surface area contributed by atoms with Gasteiger partial charge in [0, 0.05) is 46.6 Å². The number of ether oxygens (including phenoxy) is 1. The molecule has 4 aromatic rings. The average Bonchev–Trinajstić information content (AvgIpc) is 3.40. The van der Waals surface area contributed by atoms with Gasteiger partial charge in [0.05, 0.1) is 11.5 Å². The number of alkyl halides is 2. The largest absolute Gasteiger partial charge is 0.493 e. The Kier molecular flexibility index (Phi) is 9.07. The molecular formula is C33H36ClF2N3O5S. The summed E-state index contributed by atoms with van der Waals surface area (Å²) in [7, 11) is -4.56. The third-order valence-electron chi connectivity index (χ3n) is 8.90. The first-order valence-electron chi connectivity index (χ1n) is 15.3. The van der Waals surface area contributed by atoms with Crippen LogP contribution in [0.3, 0.4) is 0 Å². The zero-order valence-corrected chi connectivity index (χ0v) is 26.3. The highest BCUT2D eigenvalue weighted by Gasteiger charge is 2.50. The summed E-state index contributed by atoms with van der Waals surface area (Å²) in [5.41, 5.74) is 5.98. The molecule has 1 saturated heterocycles. The van der Waals surface area contributed by atoms with Crippen LogP contribution < -0.4 is 15.2 Å². The smallest absolute Gasteiger partial charge is 0.298 e. The van der Waals surface area contributed by atoms with Crippen LogP contribution in [0, 0.1) is 5.92 Å². The van der Waals surface area contributed by atoms with E-state index in [2.05, 4.69) is 4.72 Å². The number of hydrogen-bond donors (Lipinski definition) is 2. The summed E-state index contributed by atoms with van der Waals surface area (Å²) in [6.07, 6.45) is 6.62. The van der Waals surface area contributed by atoms with Gasteiger partial charge >= 0.3 is 0 Å². The van der Waals surface area contributed by atoms with Crippen molar-refractivity contribution in [2.24, 2.45) is 11.7 Å². The molecule has 1 amide bonds. The lowest BCUT2D eigenvalue weighted by molar-refractivity contribution is -0.145. The second-order valence-electron chi connectivity index (χ2n) is 12.1. The number of benzene rings is 3. The maximum Gasteiger partial charge on any atom is 0.298 e. The van der Waals surface area contributed by atoms with Crippen molar-refractivity contribution in [2.45, 2.75) is 67.8 Å². The SMILES string of the molecule is NC1CCN(C(=O)C(NS(=O)(=O)c2ccc(OCC3CCCCC3)cc2)C(F)(F)c2ccc3c(c2)oc2cc(Cl)ccc23)CC1. The van der Waals surface area contributed by atoms with Gasteiger partial charge in [-0.2, -0.15) is 13.5 Å². The molecule has 2 aliphatic rings. The average molecular weight is 660 g/mol. The summed E-state index contributed by atoms with van der Waals surface area (Å²) < 4.78 is 73.7. The first kappa shape index (κ1) is 31.7. The van der Waals surface area contributed by atoms with E-state index in [0.29, 0.717) is 52.5 Å². The highest BCUT2D eigenvalue weighted by Crippen LogP contribution is 2.38. The van der Waals surface area contributed by atoms with Gasteiger partial charge in [-0.25, -0.2) is 8.42 Å². The summed E-state index contributed by atoms with van der Waals surface area (Å²) in [4.78, 5) is 14.7. The fraction of sp³-hybridized carbons (Fsp3) is 0.424. The molecule has 2 heterocycles. The van der Waals surface area contributed by atoms with Crippen molar-refractivity contribution in [3.63, 3.8) is 0 Å². The minimum Gasteiger partial charge on any atom is -0.493 e. The molecule has 3 aromatic carbocycles. The predicted molar refractivity (Wildman–Crippen MR) is 169 cm³/mol. The number of fused-ring (bicyclic) bond motifs is 3. The van der Waals surface area contributed by atoms with Gasteiger partial charge in [0.15, 0.2) is 6.04 Å². The van der Waals surface area contributed by atoms with Crippen LogP contribution in [0.1, 0.15) is 50.5 Å². The maximum absolute atomic E-state index is 16.5. The molecule has 45 heavy (non-hydrogen) atoms. The molecule has 3 N–H and O–H groups in total. The number of furan rings is 1. The van der Waals surface area contributed by atoms with E-state index in [4.69, 9.17) is 26.5 Å². The van der Waals surface area contributed by atoms with Crippen LogP contribution in [0.5, 0.6) is 5.75 Å². The number of sulfonamides is 1. The highest BCUT2D eigenvalue weighted by molar-refractivity contribution is 7.89. The molecule has 1 atom stereocenters. The van der Waals surface area contributed by atoms with Crippen LogP contribution in [0.15, 0.2) is 70.0 Å². The van der Waals surface area contributed by atoms with Crippen molar-refractivity contribution < 1.29 is 31.1 Å². The Morgan fingerprint density at radius 3 is 2.31 bits per heavy atom. The normalized spacial score (nSPS) is 18.0. The van der Waals surface area contributed by atoms with E-state index in [-0.39, 0.29) is 29.6 Å². The molecule has 1 aliphatic heterocycles. The number of halogens is 3. The molecule has 6 rings (SSSR count). The zero-order valence-electron chi connectivity index (χ0n) is 24.7. The molecular weight excluding hydrogens is 624 g/mol. The topological polar surface area (TPSA) is 115 Å². The van der Waals surface area contributed by atoms with Crippen LogP contribution in [0.2, 0.25) is 5.02 Å². The number of piperidine rings is 1. The van der Waals surface area contributed by atoms with Crippen LogP contribution >= 0.6 is 11.6 Å². The second kappa shape index (κ2) is 12.9. The Morgan fingerprint density at radius 2 is 1.62 bits per heavy atom. The molecule has 12 heteroatoms. The van der Waals surface area contributed by atoms with Gasteiger partial charge < -0.3 is 19.8 Å². The molecule has 0 bridgehead atoms. The Balaban J connectivity index is 1.28. The monoisotopic (exact) mass is 659 g/mol. The number of hydrogen-bond acceptors (Lipinski definition) is 6. The van der Waals surface area contributed by atoms with E-state index in [9.17, 15) is 13.2 Å². The third-order valence-corrected chi connectivity index (χ3v) is 10.6. The van der Waals surface area contributed by atoms with Gasteiger partial charge in [-0.3, -0.25) is 4.79 Å². The van der Waals surface area contributed by atoms with Crippen LogP contribution in [-0.2, 0) is 20.7 Å². The minimum atomic E-state index is -4.56. The van der Waals surface area contributed by atoms with E-state index in [1.165, 1.54) is 60.6 Å². The summed E-state index contributed by atoms with van der Waals surface area (Å²) in [5, 5.41) is 1.70. The van der Waals surface area contributed by atoms with Crippen molar-refractivity contribution in [3.8, 4) is 5.75 Å². The van der Waals surface area contributed by atoms with Crippen molar-refractivity contribution in [1.82, 2.24) is 9.62 Å². The maximum atomic E-state index is 16.5. The number of carbonyl (C=O) groups excluding carboxylic acids is 1. The van der Waals surface area contributed by atoms with Gasteiger partial charge in [-0.05, 0) is 80.1 Å². The number of amides is 1. The summed E-state index contributed by atoms with van der Waals surface area (Å²) in [6.45, 7) is 0.824. The van der Waals surface area contributed by atoms with Gasteiger partial charge in [0.2, 0.25) is 15.9 Å². The molecule has 0 spiro atoms. The van der Waals surface area contributed by atoms with Crippen molar-refractivity contribution in [1.29, 1.82) is 0 Å². The number of likely N-dealkylation sites (tertiary alicyclic amines) is 1. The molecule has 0 radical (unpaired) electrons. The lowest BCUT2D eigenvalue weighted by atomic mass is 9.90. The molecule has 1 unspecified atom stereocenters. The number of nitrogens with one attached hydrogen (secondary N) is 1. The van der Waals surface area contributed by atoms with Crippen molar-refractivity contribution >= 4 is 49.5 Å². The van der Waals surface area contributed by atoms with Gasteiger partial charge in [0.25, 0.3) is 5.92 Å². The number of nitrogens with zero attached hydrogens (tertiary/aromatic N) is 1. The lowest BCUT2D eigenvalue weighted by Crippen LogP contribution is -2.57. The van der Waals surface area contributed by atoms with E-state index >= 15 is 8.78 Å². The van der Waals surface area contributed by atoms with Crippen molar-refractivity contribution in [2.75, 3.05) is 19.7 Å². The highest BCUT2D eigenvalue weighted by atomic mass is 35.5. The Bertz CT molecular complexity index is 1780. The van der Waals surface area contributed by atoms with Crippen molar-refractivity contribution in [3.05, 3.63) is 71.2 Å². The lowest BCUT2D eigenvalue weighted by Gasteiger charge is -2.35. The molecule has 1 aromatic heterocycles. The van der Waals surface area contributed by atoms with E-state index in [0.717, 1.165) is 18.9 Å². The number of rotatable bonds is 9. The second-order valence-corrected chi connectivity index (χ2v) is 14.2. The fourth-order valence-corrected chi connectivity index (χ4v) is 7.56. The Hall–Kier alpha value is -3.25. The summed E-state index contributed by atoms with van der Waals surface area (Å²) in [5.74, 6) is -4.03. The van der Waals surface area contributed by atoms with Gasteiger partial charge in [0.1, 0.15) is 16.9 Å². The first-order chi connectivity index (χ1) is 21.5. The quantitative estimate of drug-likeness (QED) is 0.210. The van der Waals surface area contributed by atoms with Crippen LogP contribution in [-0.4, -0.2) is 51.0 Å². The predicted octanol–water partition coefficient (Wildman–Crippen LogP) is 6.59. The summed E-state index contributed by atoms with van der Waals surface area (Å²) >= 11 is 6.08. The molecule has 1 saturated carbocycles. The minimum absolute atomic E-state index is 0.144. The van der Waals surface area contributed by atoms with E-state index in [1.807, 2.05) is 0 Å². The van der Waals surface area contributed by atoms with Gasteiger partial charge in [-0.1, -0.05) is 36.9 Å². The number of nitrogens with two attached hydrogens (primary N) is 1. The molecule has 1 aliphatic carbocycles. The fourth-order valence-electron chi connectivity index (χ4n) is 6.21. The van der Waals surface area contributed by atoms with E-state index < -0.39 is 33.5 Å². The van der Waals surface area contributed by atoms with Gasteiger partial charge in [-0.15, -0.1) is 0 Å². The number of carbonyl (C=O) groups is 1. The molecule has 240 valence electrons. The molecule has 2 fully saturated rings. The van der Waals surface area contributed by atoms with Crippen LogP contribution in [0.25, 0.3) is 21.9 Å². The summed E-state index contributed by atoms with van der Waals surface area (Å²) in [6, 6.07) is 11.8. The molecule has 8 nitrogen and oxygen atoms in total. The van der Waals surface area contributed by atoms with E-state index in [1.54, 1.807) is 18.2 Å². The third kappa shape index (κ3) is 6.82. The Labute approximate surface area is 265 Å².